The van der Waals surface area contributed by atoms with Crippen molar-refractivity contribution in [3.8, 4) is 0 Å². The quantitative estimate of drug-likeness (QED) is 0.526. The predicted molar refractivity (Wildman–Crippen MR) is 48.9 cm³/mol. The Morgan fingerprint density at radius 3 is 2.36 bits per heavy atom. The molecule has 0 aliphatic rings. The monoisotopic (exact) mass is 204 g/mol. The fraction of sp³-hybridized carbons (Fsp3) is 0.750. The van der Waals surface area contributed by atoms with Crippen molar-refractivity contribution in [1.82, 2.24) is 0 Å². The molecule has 0 aliphatic heterocycles. The van der Waals surface area contributed by atoms with Crippen molar-refractivity contribution in [2.24, 2.45) is 17.0 Å². The Hall–Kier alpha value is -1.14. The Balaban J connectivity index is 4.21. The normalized spacial score (nSPS) is 13.4. The molecule has 0 aromatic carbocycles. The van der Waals surface area contributed by atoms with E-state index in [-0.39, 0.29) is 12.8 Å². The van der Waals surface area contributed by atoms with Gasteiger partial charge in [-0.15, -0.1) is 0 Å². The first kappa shape index (κ1) is 12.9. The van der Waals surface area contributed by atoms with E-state index in [2.05, 4.69) is 4.84 Å². The standard InChI is InChI=1S/C8H16N2O4/c1-8(2,7(13)14-10)4-5(9)3-6(11)12/h5H,3-4,9-10H2,1-2H3,(H,11,12). The minimum Gasteiger partial charge on any atom is -0.481 e. The SMILES string of the molecule is CC(C)(CC(N)CC(=O)O)C(=O)ON. The lowest BCUT2D eigenvalue weighted by atomic mass is 9.85. The predicted octanol–water partition coefficient (Wildman–Crippen LogP) is -0.378. The van der Waals surface area contributed by atoms with Crippen molar-refractivity contribution in [3.63, 3.8) is 0 Å². The van der Waals surface area contributed by atoms with E-state index in [9.17, 15) is 9.59 Å². The van der Waals surface area contributed by atoms with Crippen molar-refractivity contribution in [1.29, 1.82) is 0 Å². The van der Waals surface area contributed by atoms with Gasteiger partial charge in [-0.2, -0.15) is 5.90 Å². The topological polar surface area (TPSA) is 116 Å². The molecule has 1 atom stereocenters. The van der Waals surface area contributed by atoms with E-state index in [1.54, 1.807) is 13.8 Å². The summed E-state index contributed by atoms with van der Waals surface area (Å²) in [6, 6.07) is -0.582. The van der Waals surface area contributed by atoms with Gasteiger partial charge in [-0.3, -0.25) is 4.79 Å². The smallest absolute Gasteiger partial charge is 0.330 e. The number of aliphatic carboxylic acids is 1. The molecule has 0 heterocycles. The van der Waals surface area contributed by atoms with Crippen LogP contribution < -0.4 is 11.6 Å². The molecule has 0 saturated heterocycles. The summed E-state index contributed by atoms with van der Waals surface area (Å²) in [7, 11) is 0. The molecule has 6 nitrogen and oxygen atoms in total. The molecule has 5 N–H and O–H groups in total. The number of hydrogen-bond donors (Lipinski definition) is 3. The van der Waals surface area contributed by atoms with Gasteiger partial charge in [-0.05, 0) is 20.3 Å². The highest BCUT2D eigenvalue weighted by Crippen LogP contribution is 2.23. The molecule has 0 saturated carbocycles. The van der Waals surface area contributed by atoms with E-state index < -0.39 is 23.4 Å². The molecular formula is C8H16N2O4. The highest BCUT2D eigenvalue weighted by atomic mass is 16.7. The van der Waals surface area contributed by atoms with Gasteiger partial charge < -0.3 is 15.7 Å². The zero-order valence-electron chi connectivity index (χ0n) is 8.32. The van der Waals surface area contributed by atoms with Crippen LogP contribution in [0, 0.1) is 5.41 Å². The summed E-state index contributed by atoms with van der Waals surface area (Å²) in [6.45, 7) is 3.20. The van der Waals surface area contributed by atoms with Crippen molar-refractivity contribution in [2.45, 2.75) is 32.7 Å². The molecular weight excluding hydrogens is 188 g/mol. The molecule has 0 fully saturated rings. The van der Waals surface area contributed by atoms with Gasteiger partial charge in [0.2, 0.25) is 0 Å². The first-order valence-electron chi connectivity index (χ1n) is 4.18. The van der Waals surface area contributed by atoms with Crippen LogP contribution in [0.2, 0.25) is 0 Å². The lowest BCUT2D eigenvalue weighted by Crippen LogP contribution is -2.36. The molecule has 0 aliphatic carbocycles. The van der Waals surface area contributed by atoms with Crippen LogP contribution in [-0.4, -0.2) is 23.1 Å². The lowest BCUT2D eigenvalue weighted by Gasteiger charge is -2.23. The molecule has 1 unspecified atom stereocenters. The summed E-state index contributed by atoms with van der Waals surface area (Å²) in [5.41, 5.74) is 4.67. The van der Waals surface area contributed by atoms with E-state index in [0.717, 1.165) is 0 Å². The third kappa shape index (κ3) is 4.20. The lowest BCUT2D eigenvalue weighted by molar-refractivity contribution is -0.155. The zero-order valence-corrected chi connectivity index (χ0v) is 8.32. The molecule has 14 heavy (non-hydrogen) atoms. The van der Waals surface area contributed by atoms with Crippen molar-refractivity contribution < 1.29 is 19.5 Å². The molecule has 0 spiro atoms. The van der Waals surface area contributed by atoms with Crippen LogP contribution in [0.3, 0.4) is 0 Å². The van der Waals surface area contributed by atoms with Gasteiger partial charge in [-0.1, -0.05) is 0 Å². The maximum absolute atomic E-state index is 11.1. The van der Waals surface area contributed by atoms with Crippen molar-refractivity contribution >= 4 is 11.9 Å². The molecule has 0 radical (unpaired) electrons. The van der Waals surface area contributed by atoms with Gasteiger partial charge in [0.05, 0.1) is 11.8 Å². The highest BCUT2D eigenvalue weighted by Gasteiger charge is 2.31. The van der Waals surface area contributed by atoms with E-state index in [1.807, 2.05) is 0 Å². The number of hydrogen-bond acceptors (Lipinski definition) is 5. The number of carboxylic acid groups (broad SMARTS) is 1. The fourth-order valence-corrected chi connectivity index (χ4v) is 1.19. The van der Waals surface area contributed by atoms with Crippen molar-refractivity contribution in [3.05, 3.63) is 0 Å². The molecule has 0 rings (SSSR count). The zero-order chi connectivity index (χ0) is 11.4. The van der Waals surface area contributed by atoms with E-state index >= 15 is 0 Å². The number of nitrogens with two attached hydrogens (primary N) is 2. The minimum atomic E-state index is -0.991. The number of rotatable bonds is 5. The first-order valence-corrected chi connectivity index (χ1v) is 4.18. The van der Waals surface area contributed by atoms with Crippen molar-refractivity contribution in [2.75, 3.05) is 0 Å². The summed E-state index contributed by atoms with van der Waals surface area (Å²) in [5, 5.41) is 8.46. The third-order valence-electron chi connectivity index (χ3n) is 1.87. The fourth-order valence-electron chi connectivity index (χ4n) is 1.19. The average Bonchev–Trinajstić information content (AvgIpc) is 1.99. The summed E-state index contributed by atoms with van der Waals surface area (Å²) < 4.78 is 0. The molecule has 6 heteroatoms. The Bertz CT molecular complexity index is 227. The van der Waals surface area contributed by atoms with Crippen LogP contribution in [0.15, 0.2) is 0 Å². The summed E-state index contributed by atoms with van der Waals surface area (Å²) in [6.07, 6.45) is 0.0383. The van der Waals surface area contributed by atoms with Crippen LogP contribution in [0.25, 0.3) is 0 Å². The largest absolute Gasteiger partial charge is 0.481 e. The number of carbonyl (C=O) groups excluding carboxylic acids is 1. The maximum Gasteiger partial charge on any atom is 0.330 e. The van der Waals surface area contributed by atoms with Gasteiger partial charge in [0.15, 0.2) is 0 Å². The number of carbonyl (C=O) groups is 2. The second-order valence-electron chi connectivity index (χ2n) is 3.85. The van der Waals surface area contributed by atoms with Crippen LogP contribution >= 0.6 is 0 Å². The summed E-state index contributed by atoms with van der Waals surface area (Å²) >= 11 is 0. The molecule has 82 valence electrons. The van der Waals surface area contributed by atoms with Crippen LogP contribution in [-0.2, 0) is 14.4 Å². The van der Waals surface area contributed by atoms with Gasteiger partial charge in [-0.25, -0.2) is 4.79 Å². The van der Waals surface area contributed by atoms with Crippen LogP contribution in [0.4, 0.5) is 0 Å². The Labute approximate surface area is 82.2 Å². The second kappa shape index (κ2) is 4.92. The third-order valence-corrected chi connectivity index (χ3v) is 1.87. The van der Waals surface area contributed by atoms with Gasteiger partial charge in [0.1, 0.15) is 0 Å². The second-order valence-corrected chi connectivity index (χ2v) is 3.85. The molecule has 0 amide bonds. The molecule has 0 bridgehead atoms. The van der Waals surface area contributed by atoms with E-state index in [4.69, 9.17) is 16.7 Å². The maximum atomic E-state index is 11.1. The Morgan fingerprint density at radius 1 is 1.50 bits per heavy atom. The van der Waals surface area contributed by atoms with Crippen LogP contribution in [0.5, 0.6) is 0 Å². The Kier molecular flexibility index (Phi) is 4.52. The average molecular weight is 204 g/mol. The van der Waals surface area contributed by atoms with E-state index in [0.29, 0.717) is 0 Å². The first-order chi connectivity index (χ1) is 6.29. The minimum absolute atomic E-state index is 0.179. The summed E-state index contributed by atoms with van der Waals surface area (Å²) in [5.74, 6) is 3.14. The molecule has 0 aromatic heterocycles. The van der Waals surface area contributed by atoms with E-state index in [1.165, 1.54) is 0 Å². The molecule has 0 aromatic rings. The van der Waals surface area contributed by atoms with Gasteiger partial charge in [0, 0.05) is 6.04 Å². The number of carboxylic acids is 1. The van der Waals surface area contributed by atoms with Crippen LogP contribution in [0.1, 0.15) is 26.7 Å². The summed E-state index contributed by atoms with van der Waals surface area (Å²) in [4.78, 5) is 25.5. The van der Waals surface area contributed by atoms with Gasteiger partial charge in [0.25, 0.3) is 0 Å². The van der Waals surface area contributed by atoms with Gasteiger partial charge >= 0.3 is 11.9 Å². The Morgan fingerprint density at radius 2 is 2.00 bits per heavy atom. The highest BCUT2D eigenvalue weighted by molar-refractivity contribution is 5.75.